The Morgan fingerprint density at radius 3 is 2.96 bits per heavy atom. The number of anilines is 1. The molecule has 1 aromatic carbocycles. The van der Waals surface area contributed by atoms with Crippen molar-refractivity contribution in [3.63, 3.8) is 0 Å². The molecule has 1 aromatic heterocycles. The van der Waals surface area contributed by atoms with E-state index in [0.717, 1.165) is 23.5 Å². The van der Waals surface area contributed by atoms with Gasteiger partial charge in [0.2, 0.25) is 0 Å². The van der Waals surface area contributed by atoms with Crippen LogP contribution in [0.25, 0.3) is 0 Å². The third kappa shape index (κ3) is 2.69. The minimum atomic E-state index is -0.371. The average Bonchev–Trinajstić information content (AvgIpc) is 3.23. The molecule has 0 bridgehead atoms. The summed E-state index contributed by atoms with van der Waals surface area (Å²) >= 11 is 1.50. The number of hydrogen-bond acceptors (Lipinski definition) is 4. The van der Waals surface area contributed by atoms with Crippen LogP contribution in [0.2, 0.25) is 0 Å². The van der Waals surface area contributed by atoms with Gasteiger partial charge in [0.15, 0.2) is 0 Å². The molecule has 2 aliphatic rings. The maximum Gasteiger partial charge on any atom is 0.270 e. The zero-order chi connectivity index (χ0) is 16.7. The number of fused-ring (bicyclic) bond motifs is 1. The van der Waals surface area contributed by atoms with Crippen LogP contribution in [0.15, 0.2) is 18.2 Å². The van der Waals surface area contributed by atoms with Crippen LogP contribution >= 0.6 is 11.3 Å². The lowest BCUT2D eigenvalue weighted by atomic mass is 10.1. The number of thiazole rings is 1. The minimum absolute atomic E-state index is 0.107. The number of carbonyl (C=O) groups is 1. The molecule has 0 spiro atoms. The van der Waals surface area contributed by atoms with Gasteiger partial charge in [0, 0.05) is 12.0 Å². The standard InChI is InChI=1S/C18H19FN2O2S/c1-11-16(24-17(20-11)12-4-2-3-5-12)18(22)21-8-9-23-15-7-6-13(19)10-14(15)21/h6-7,10,12H,2-5,8-9H2,1H3. The van der Waals surface area contributed by atoms with Gasteiger partial charge in [0.1, 0.15) is 23.1 Å². The molecule has 1 fully saturated rings. The molecule has 2 aromatic rings. The van der Waals surface area contributed by atoms with Crippen LogP contribution in [0, 0.1) is 12.7 Å². The van der Waals surface area contributed by atoms with Crippen molar-refractivity contribution in [3.05, 3.63) is 39.6 Å². The molecule has 1 amide bonds. The van der Waals surface area contributed by atoms with Gasteiger partial charge in [-0.3, -0.25) is 4.79 Å². The lowest BCUT2D eigenvalue weighted by Gasteiger charge is -2.29. The van der Waals surface area contributed by atoms with E-state index >= 15 is 0 Å². The summed E-state index contributed by atoms with van der Waals surface area (Å²) in [7, 11) is 0. The van der Waals surface area contributed by atoms with Gasteiger partial charge < -0.3 is 9.64 Å². The number of amides is 1. The normalized spacial score (nSPS) is 17.7. The number of halogens is 1. The van der Waals surface area contributed by atoms with Crippen molar-refractivity contribution in [3.8, 4) is 5.75 Å². The SMILES string of the molecule is Cc1nc(C2CCCC2)sc1C(=O)N1CCOc2ccc(F)cc21. The molecule has 4 rings (SSSR count). The van der Waals surface area contributed by atoms with Gasteiger partial charge in [-0.05, 0) is 31.9 Å². The zero-order valence-electron chi connectivity index (χ0n) is 13.5. The predicted octanol–water partition coefficient (Wildman–Crippen LogP) is 4.29. The van der Waals surface area contributed by atoms with Crippen molar-refractivity contribution >= 4 is 22.9 Å². The highest BCUT2D eigenvalue weighted by molar-refractivity contribution is 7.14. The van der Waals surface area contributed by atoms with Gasteiger partial charge in [0.05, 0.1) is 22.9 Å². The summed E-state index contributed by atoms with van der Waals surface area (Å²) in [4.78, 5) is 20.0. The average molecular weight is 346 g/mol. The monoisotopic (exact) mass is 346 g/mol. The summed E-state index contributed by atoms with van der Waals surface area (Å²) in [6.45, 7) is 2.72. The van der Waals surface area contributed by atoms with Crippen LogP contribution in [0.3, 0.4) is 0 Å². The Hall–Kier alpha value is -1.95. The fraction of sp³-hybridized carbons (Fsp3) is 0.444. The number of rotatable bonds is 2. The van der Waals surface area contributed by atoms with E-state index in [0.29, 0.717) is 35.4 Å². The number of aromatic nitrogens is 1. The molecule has 1 aliphatic carbocycles. The molecule has 24 heavy (non-hydrogen) atoms. The molecule has 4 nitrogen and oxygen atoms in total. The van der Waals surface area contributed by atoms with Gasteiger partial charge in [-0.1, -0.05) is 12.8 Å². The maximum atomic E-state index is 13.6. The Bertz CT molecular complexity index is 783. The Morgan fingerprint density at radius 1 is 1.38 bits per heavy atom. The lowest BCUT2D eigenvalue weighted by Crippen LogP contribution is -2.38. The largest absolute Gasteiger partial charge is 0.490 e. The number of hydrogen-bond donors (Lipinski definition) is 0. The number of aryl methyl sites for hydroxylation is 1. The first kappa shape index (κ1) is 15.6. The first-order chi connectivity index (χ1) is 11.6. The van der Waals surface area contributed by atoms with E-state index in [4.69, 9.17) is 4.74 Å². The third-order valence-corrected chi connectivity index (χ3v) is 6.05. The summed E-state index contributed by atoms with van der Waals surface area (Å²) in [5.41, 5.74) is 1.28. The molecule has 1 saturated carbocycles. The van der Waals surface area contributed by atoms with Crippen molar-refractivity contribution in [1.29, 1.82) is 0 Å². The zero-order valence-corrected chi connectivity index (χ0v) is 14.4. The second-order valence-electron chi connectivity index (χ2n) is 6.37. The van der Waals surface area contributed by atoms with Crippen LogP contribution in [0.5, 0.6) is 5.75 Å². The number of carbonyl (C=O) groups excluding carboxylic acids is 1. The van der Waals surface area contributed by atoms with E-state index in [1.54, 1.807) is 11.0 Å². The first-order valence-electron chi connectivity index (χ1n) is 8.35. The highest BCUT2D eigenvalue weighted by atomic mass is 32.1. The van der Waals surface area contributed by atoms with Crippen LogP contribution in [-0.2, 0) is 0 Å². The second-order valence-corrected chi connectivity index (χ2v) is 7.40. The van der Waals surface area contributed by atoms with Crippen molar-refractivity contribution in [2.24, 2.45) is 0 Å². The summed E-state index contributed by atoms with van der Waals surface area (Å²) in [5.74, 6) is 0.563. The second kappa shape index (κ2) is 6.16. The smallest absolute Gasteiger partial charge is 0.270 e. The van der Waals surface area contributed by atoms with E-state index in [1.807, 2.05) is 6.92 Å². The molecular formula is C18H19FN2O2S. The fourth-order valence-corrected chi connectivity index (χ4v) is 4.67. The Labute approximate surface area is 144 Å². The molecule has 0 N–H and O–H groups in total. The molecule has 1 aliphatic heterocycles. The fourth-order valence-electron chi connectivity index (χ4n) is 3.49. The Balaban J connectivity index is 1.66. The van der Waals surface area contributed by atoms with Gasteiger partial charge >= 0.3 is 0 Å². The minimum Gasteiger partial charge on any atom is -0.490 e. The summed E-state index contributed by atoms with van der Waals surface area (Å²) in [6.07, 6.45) is 4.80. The molecule has 6 heteroatoms. The molecule has 0 unspecified atom stereocenters. The molecule has 0 radical (unpaired) electrons. The number of benzene rings is 1. The van der Waals surface area contributed by atoms with Crippen LogP contribution in [0.1, 0.15) is 52.0 Å². The van der Waals surface area contributed by atoms with Crippen molar-refractivity contribution < 1.29 is 13.9 Å². The van der Waals surface area contributed by atoms with Gasteiger partial charge in [-0.2, -0.15) is 0 Å². The van der Waals surface area contributed by atoms with Gasteiger partial charge in [-0.15, -0.1) is 11.3 Å². The van der Waals surface area contributed by atoms with Crippen molar-refractivity contribution in [1.82, 2.24) is 4.98 Å². The van der Waals surface area contributed by atoms with Crippen molar-refractivity contribution in [2.75, 3.05) is 18.1 Å². The Kier molecular flexibility index (Phi) is 4.00. The predicted molar refractivity (Wildman–Crippen MR) is 91.6 cm³/mol. The van der Waals surface area contributed by atoms with E-state index in [-0.39, 0.29) is 11.7 Å². The summed E-state index contributed by atoms with van der Waals surface area (Å²) < 4.78 is 19.2. The molecule has 126 valence electrons. The number of nitrogens with zero attached hydrogens (tertiary/aromatic N) is 2. The maximum absolute atomic E-state index is 13.6. The quantitative estimate of drug-likeness (QED) is 0.815. The van der Waals surface area contributed by atoms with Crippen LogP contribution in [-0.4, -0.2) is 24.0 Å². The number of ether oxygens (including phenoxy) is 1. The third-order valence-electron chi connectivity index (χ3n) is 4.74. The molecule has 2 heterocycles. The summed E-state index contributed by atoms with van der Waals surface area (Å²) in [5, 5.41) is 1.07. The highest BCUT2D eigenvalue weighted by Crippen LogP contribution is 2.39. The van der Waals surface area contributed by atoms with Crippen molar-refractivity contribution in [2.45, 2.75) is 38.5 Å². The lowest BCUT2D eigenvalue weighted by molar-refractivity contribution is 0.0979. The van der Waals surface area contributed by atoms with Crippen LogP contribution < -0.4 is 9.64 Å². The molecule has 0 atom stereocenters. The highest BCUT2D eigenvalue weighted by Gasteiger charge is 2.29. The van der Waals surface area contributed by atoms with Crippen LogP contribution in [0.4, 0.5) is 10.1 Å². The molecule has 0 saturated heterocycles. The van der Waals surface area contributed by atoms with Gasteiger partial charge in [-0.25, -0.2) is 9.37 Å². The van der Waals surface area contributed by atoms with E-state index in [9.17, 15) is 9.18 Å². The topological polar surface area (TPSA) is 42.4 Å². The van der Waals surface area contributed by atoms with E-state index in [1.165, 1.54) is 36.3 Å². The molecular weight excluding hydrogens is 327 g/mol. The Morgan fingerprint density at radius 2 is 2.17 bits per heavy atom. The first-order valence-corrected chi connectivity index (χ1v) is 9.16. The summed E-state index contributed by atoms with van der Waals surface area (Å²) in [6, 6.07) is 4.29. The van der Waals surface area contributed by atoms with Gasteiger partial charge in [0.25, 0.3) is 5.91 Å². The van der Waals surface area contributed by atoms with E-state index in [2.05, 4.69) is 4.98 Å². The van der Waals surface area contributed by atoms with E-state index < -0.39 is 0 Å².